The van der Waals surface area contributed by atoms with Crippen molar-refractivity contribution in [3.05, 3.63) is 88.6 Å². The van der Waals surface area contributed by atoms with E-state index < -0.39 is 0 Å². The van der Waals surface area contributed by atoms with Gasteiger partial charge in [-0.05, 0) is 55.1 Å². The number of hydrogen-bond acceptors (Lipinski definition) is 4. The maximum atomic E-state index is 13.0. The van der Waals surface area contributed by atoms with E-state index in [9.17, 15) is 4.79 Å². The van der Waals surface area contributed by atoms with Gasteiger partial charge in [0.2, 0.25) is 0 Å². The Morgan fingerprint density at radius 3 is 2.59 bits per heavy atom. The van der Waals surface area contributed by atoms with Crippen molar-refractivity contribution >= 4 is 33.0 Å². The molecule has 0 fully saturated rings. The lowest BCUT2D eigenvalue weighted by atomic mass is 10.1. The lowest BCUT2D eigenvalue weighted by Crippen LogP contribution is -2.23. The van der Waals surface area contributed by atoms with E-state index in [1.807, 2.05) is 30.3 Å². The molecule has 6 heteroatoms. The molecule has 2 aromatic carbocycles. The average Bonchev–Trinajstić information content (AvgIpc) is 3.38. The quantitative estimate of drug-likeness (QED) is 0.377. The molecule has 5 rings (SSSR count). The van der Waals surface area contributed by atoms with E-state index in [1.54, 1.807) is 7.11 Å². The summed E-state index contributed by atoms with van der Waals surface area (Å²) in [5.41, 5.74) is 6.08. The molecule has 1 N–H and O–H groups in total. The number of amides is 1. The predicted molar refractivity (Wildman–Crippen MR) is 130 cm³/mol. The van der Waals surface area contributed by atoms with Crippen molar-refractivity contribution < 1.29 is 9.53 Å². The number of carbonyl (C=O) groups excluding carboxylic acids is 1. The molecule has 5 aromatic rings. The van der Waals surface area contributed by atoms with E-state index in [2.05, 4.69) is 60.1 Å². The third kappa shape index (κ3) is 3.74. The smallest absolute Gasteiger partial charge is 0.261 e. The SMILES string of the molecule is COc1ccc2cc(C(=O)NCc3c(-c4ccc(C)cc4)nc4ccc(C)cn34)sc2c1. The normalized spacial score (nSPS) is 11.2. The number of hydrogen-bond donors (Lipinski definition) is 1. The molecular formula is C26H23N3O2S. The molecule has 160 valence electrons. The zero-order valence-electron chi connectivity index (χ0n) is 18.2. The van der Waals surface area contributed by atoms with Crippen LogP contribution in [0.2, 0.25) is 0 Å². The Bertz CT molecular complexity index is 1450. The van der Waals surface area contributed by atoms with Crippen LogP contribution in [0.1, 0.15) is 26.5 Å². The molecule has 0 unspecified atom stereocenters. The average molecular weight is 442 g/mol. The number of aryl methyl sites for hydroxylation is 2. The fourth-order valence-corrected chi connectivity index (χ4v) is 4.82. The van der Waals surface area contributed by atoms with Crippen molar-refractivity contribution in [2.45, 2.75) is 20.4 Å². The molecule has 0 aliphatic rings. The van der Waals surface area contributed by atoms with Gasteiger partial charge in [0, 0.05) is 16.5 Å². The van der Waals surface area contributed by atoms with Crippen molar-refractivity contribution in [3.63, 3.8) is 0 Å². The molecule has 0 radical (unpaired) electrons. The lowest BCUT2D eigenvalue weighted by molar-refractivity contribution is 0.0954. The van der Waals surface area contributed by atoms with Crippen LogP contribution in [0.3, 0.4) is 0 Å². The number of imidazole rings is 1. The van der Waals surface area contributed by atoms with E-state index in [0.29, 0.717) is 11.4 Å². The number of benzene rings is 2. The summed E-state index contributed by atoms with van der Waals surface area (Å²) in [6.07, 6.45) is 2.06. The molecule has 0 saturated heterocycles. The molecule has 0 aliphatic carbocycles. The number of ether oxygens (including phenoxy) is 1. The number of nitrogens with zero attached hydrogens (tertiary/aromatic N) is 2. The van der Waals surface area contributed by atoms with Crippen LogP contribution in [0.5, 0.6) is 5.75 Å². The van der Waals surface area contributed by atoms with E-state index in [1.165, 1.54) is 16.9 Å². The molecule has 1 amide bonds. The van der Waals surface area contributed by atoms with Crippen molar-refractivity contribution in [2.24, 2.45) is 0 Å². The first-order chi connectivity index (χ1) is 15.5. The first kappa shape index (κ1) is 20.3. The molecular weight excluding hydrogens is 418 g/mol. The molecule has 0 atom stereocenters. The van der Waals surface area contributed by atoms with Gasteiger partial charge < -0.3 is 14.5 Å². The number of methoxy groups -OCH3 is 1. The molecule has 3 heterocycles. The van der Waals surface area contributed by atoms with Gasteiger partial charge in [0.15, 0.2) is 0 Å². The van der Waals surface area contributed by atoms with Gasteiger partial charge in [-0.2, -0.15) is 0 Å². The molecule has 32 heavy (non-hydrogen) atoms. The predicted octanol–water partition coefficient (Wildman–Crippen LogP) is 5.77. The van der Waals surface area contributed by atoms with Crippen molar-refractivity contribution in [3.8, 4) is 17.0 Å². The Kier molecular flexibility index (Phi) is 5.15. The van der Waals surface area contributed by atoms with Crippen molar-refractivity contribution in [2.75, 3.05) is 7.11 Å². The fraction of sp³-hybridized carbons (Fsp3) is 0.154. The van der Waals surface area contributed by atoms with Gasteiger partial charge in [-0.25, -0.2) is 4.98 Å². The second-order valence-electron chi connectivity index (χ2n) is 7.90. The fourth-order valence-electron chi connectivity index (χ4n) is 3.81. The van der Waals surface area contributed by atoms with Gasteiger partial charge in [-0.3, -0.25) is 4.79 Å². The Labute approximate surface area is 190 Å². The zero-order valence-corrected chi connectivity index (χ0v) is 19.0. The molecule has 5 nitrogen and oxygen atoms in total. The van der Waals surface area contributed by atoms with E-state index in [-0.39, 0.29) is 5.91 Å². The largest absolute Gasteiger partial charge is 0.497 e. The van der Waals surface area contributed by atoms with Crippen LogP contribution in [0.25, 0.3) is 27.0 Å². The number of pyridine rings is 1. The molecule has 0 aliphatic heterocycles. The van der Waals surface area contributed by atoms with Gasteiger partial charge in [0.25, 0.3) is 5.91 Å². The van der Waals surface area contributed by atoms with E-state index in [0.717, 1.165) is 44.0 Å². The van der Waals surface area contributed by atoms with Gasteiger partial charge >= 0.3 is 0 Å². The highest BCUT2D eigenvalue weighted by Gasteiger charge is 2.17. The number of thiophene rings is 1. The van der Waals surface area contributed by atoms with Gasteiger partial charge in [-0.15, -0.1) is 11.3 Å². The lowest BCUT2D eigenvalue weighted by Gasteiger charge is -2.08. The van der Waals surface area contributed by atoms with Crippen molar-refractivity contribution in [1.82, 2.24) is 14.7 Å². The van der Waals surface area contributed by atoms with Crippen LogP contribution in [-0.2, 0) is 6.54 Å². The highest BCUT2D eigenvalue weighted by Crippen LogP contribution is 2.30. The molecule has 0 saturated carbocycles. The van der Waals surface area contributed by atoms with E-state index >= 15 is 0 Å². The number of nitrogens with one attached hydrogen (secondary N) is 1. The maximum absolute atomic E-state index is 13.0. The van der Waals surface area contributed by atoms with Crippen LogP contribution in [0, 0.1) is 13.8 Å². The summed E-state index contributed by atoms with van der Waals surface area (Å²) in [6.45, 7) is 4.50. The van der Waals surface area contributed by atoms with Crippen LogP contribution >= 0.6 is 11.3 Å². The summed E-state index contributed by atoms with van der Waals surface area (Å²) in [5, 5.41) is 4.14. The summed E-state index contributed by atoms with van der Waals surface area (Å²) in [7, 11) is 1.64. The minimum absolute atomic E-state index is 0.0948. The summed E-state index contributed by atoms with van der Waals surface area (Å²) in [4.78, 5) is 18.5. The van der Waals surface area contributed by atoms with E-state index in [4.69, 9.17) is 9.72 Å². The van der Waals surface area contributed by atoms with Crippen molar-refractivity contribution in [1.29, 1.82) is 0 Å². The number of rotatable bonds is 5. The minimum atomic E-state index is -0.0948. The summed E-state index contributed by atoms with van der Waals surface area (Å²) < 4.78 is 8.40. The maximum Gasteiger partial charge on any atom is 0.261 e. The summed E-state index contributed by atoms with van der Waals surface area (Å²) >= 11 is 1.47. The van der Waals surface area contributed by atoms with Crippen LogP contribution in [0.15, 0.2) is 66.9 Å². The third-order valence-corrected chi connectivity index (χ3v) is 6.65. The first-order valence-corrected chi connectivity index (χ1v) is 11.2. The molecule has 3 aromatic heterocycles. The highest BCUT2D eigenvalue weighted by molar-refractivity contribution is 7.20. The number of fused-ring (bicyclic) bond motifs is 2. The van der Waals surface area contributed by atoms with Gasteiger partial charge in [0.1, 0.15) is 11.4 Å². The Morgan fingerprint density at radius 2 is 1.81 bits per heavy atom. The third-order valence-electron chi connectivity index (χ3n) is 5.56. The van der Waals surface area contributed by atoms with Crippen LogP contribution in [0.4, 0.5) is 0 Å². The first-order valence-electron chi connectivity index (χ1n) is 10.4. The minimum Gasteiger partial charge on any atom is -0.497 e. The van der Waals surface area contributed by atoms with Gasteiger partial charge in [0.05, 0.1) is 29.9 Å². The Hall–Kier alpha value is -3.64. The standard InChI is InChI=1S/C26H23N3O2S/c1-16-4-7-18(8-5-16)25-21(29-15-17(2)6-11-24(29)28-25)14-27-26(30)23-12-19-9-10-20(31-3)13-22(19)32-23/h4-13,15H,14H2,1-3H3,(H,27,30). The second kappa shape index (κ2) is 8.13. The monoisotopic (exact) mass is 441 g/mol. The molecule has 0 spiro atoms. The Balaban J connectivity index is 1.48. The summed E-state index contributed by atoms with van der Waals surface area (Å²) in [6, 6.07) is 20.1. The zero-order chi connectivity index (χ0) is 22.2. The topological polar surface area (TPSA) is 55.6 Å². The second-order valence-corrected chi connectivity index (χ2v) is 8.99. The number of aromatic nitrogens is 2. The molecule has 0 bridgehead atoms. The van der Waals surface area contributed by atoms with Crippen LogP contribution < -0.4 is 10.1 Å². The van der Waals surface area contributed by atoms with Crippen LogP contribution in [-0.4, -0.2) is 22.4 Å². The number of carbonyl (C=O) groups is 1. The summed E-state index contributed by atoms with van der Waals surface area (Å²) in [5.74, 6) is 0.692. The van der Waals surface area contributed by atoms with Gasteiger partial charge in [-0.1, -0.05) is 35.9 Å². The Morgan fingerprint density at radius 1 is 1.03 bits per heavy atom. The highest BCUT2D eigenvalue weighted by atomic mass is 32.1.